The first-order valence-corrected chi connectivity index (χ1v) is 6.30. The maximum absolute atomic E-state index is 12.2. The summed E-state index contributed by atoms with van der Waals surface area (Å²) in [5.74, 6) is 0.0923. The molecular weight excluding hydrogens is 236 g/mol. The first kappa shape index (κ1) is 13.6. The highest BCUT2D eigenvalue weighted by Gasteiger charge is 2.52. The van der Waals surface area contributed by atoms with Gasteiger partial charge in [-0.3, -0.25) is 4.90 Å². The summed E-state index contributed by atoms with van der Waals surface area (Å²) in [4.78, 5) is 13.8. The first-order valence-electron chi connectivity index (χ1n) is 6.30. The van der Waals surface area contributed by atoms with Gasteiger partial charge in [0.15, 0.2) is 0 Å². The third-order valence-electron chi connectivity index (χ3n) is 3.54. The van der Waals surface area contributed by atoms with Gasteiger partial charge in [-0.05, 0) is 20.8 Å². The Balaban J connectivity index is 2.16. The molecule has 6 nitrogen and oxygen atoms in total. The number of aliphatic hydroxyl groups is 1. The van der Waals surface area contributed by atoms with Gasteiger partial charge in [-0.1, -0.05) is 0 Å². The van der Waals surface area contributed by atoms with E-state index in [1.165, 1.54) is 0 Å². The van der Waals surface area contributed by atoms with Crippen molar-refractivity contribution in [1.29, 1.82) is 0 Å². The topological polar surface area (TPSA) is 85.0 Å². The molecule has 4 atom stereocenters. The van der Waals surface area contributed by atoms with E-state index < -0.39 is 11.7 Å². The number of amides is 1. The number of carbonyl (C=O) groups excluding carboxylic acids is 1. The molecular formula is C12H22N2O4. The van der Waals surface area contributed by atoms with Crippen LogP contribution in [0.4, 0.5) is 4.79 Å². The summed E-state index contributed by atoms with van der Waals surface area (Å²) in [6, 6.07) is -0.708. The van der Waals surface area contributed by atoms with Crippen LogP contribution in [0.5, 0.6) is 0 Å². The predicted octanol–water partition coefficient (Wildman–Crippen LogP) is -0.0597. The number of rotatable bonds is 1. The lowest BCUT2D eigenvalue weighted by Gasteiger charge is -2.31. The van der Waals surface area contributed by atoms with E-state index in [1.54, 1.807) is 4.90 Å². The van der Waals surface area contributed by atoms with E-state index in [0.29, 0.717) is 13.2 Å². The van der Waals surface area contributed by atoms with E-state index >= 15 is 0 Å². The Morgan fingerprint density at radius 3 is 2.72 bits per heavy atom. The molecule has 2 saturated heterocycles. The minimum absolute atomic E-state index is 0.0769. The molecule has 0 spiro atoms. The van der Waals surface area contributed by atoms with Crippen molar-refractivity contribution in [2.24, 2.45) is 11.7 Å². The Morgan fingerprint density at radius 2 is 2.17 bits per heavy atom. The fourth-order valence-electron chi connectivity index (χ4n) is 2.73. The molecule has 0 radical (unpaired) electrons. The maximum atomic E-state index is 12.2. The Kier molecular flexibility index (Phi) is 3.53. The van der Waals surface area contributed by atoms with Gasteiger partial charge in [0.05, 0.1) is 31.9 Å². The molecule has 0 aromatic heterocycles. The average Bonchev–Trinajstić information content (AvgIpc) is 2.77. The van der Waals surface area contributed by atoms with E-state index in [2.05, 4.69) is 0 Å². The van der Waals surface area contributed by atoms with Gasteiger partial charge in [-0.15, -0.1) is 0 Å². The van der Waals surface area contributed by atoms with Crippen LogP contribution in [0.15, 0.2) is 0 Å². The van der Waals surface area contributed by atoms with Crippen LogP contribution in [0, 0.1) is 5.92 Å². The van der Waals surface area contributed by atoms with Crippen LogP contribution in [-0.4, -0.2) is 59.6 Å². The van der Waals surface area contributed by atoms with E-state index in [1.807, 2.05) is 20.8 Å². The number of likely N-dealkylation sites (tertiary alicyclic amines) is 1. The highest BCUT2D eigenvalue weighted by atomic mass is 16.6. The van der Waals surface area contributed by atoms with E-state index in [4.69, 9.17) is 15.2 Å². The second-order valence-electron chi connectivity index (χ2n) is 5.98. The largest absolute Gasteiger partial charge is 0.444 e. The van der Waals surface area contributed by atoms with Crippen molar-refractivity contribution in [2.75, 3.05) is 19.8 Å². The number of aliphatic hydroxyl groups excluding tert-OH is 1. The van der Waals surface area contributed by atoms with Gasteiger partial charge < -0.3 is 20.3 Å². The minimum atomic E-state index is -0.557. The van der Waals surface area contributed by atoms with Crippen LogP contribution in [0.3, 0.4) is 0 Å². The zero-order valence-corrected chi connectivity index (χ0v) is 11.1. The van der Waals surface area contributed by atoms with Crippen LogP contribution >= 0.6 is 0 Å². The molecule has 2 aliphatic rings. The van der Waals surface area contributed by atoms with Crippen molar-refractivity contribution in [1.82, 2.24) is 4.90 Å². The van der Waals surface area contributed by atoms with Crippen LogP contribution in [0.1, 0.15) is 20.8 Å². The molecule has 0 aromatic rings. The highest BCUT2D eigenvalue weighted by Crippen LogP contribution is 2.34. The summed E-state index contributed by atoms with van der Waals surface area (Å²) in [5, 5.41) is 9.44. The number of ether oxygens (including phenoxy) is 2. The standard InChI is InChI=1S/C12H22N2O4/c1-12(2,3)18-11(16)14-8(4-15)10(13)7-5-17-6-9(7)14/h7-10,15H,4-6,13H2,1-3H3/t7-,8+,9+,10+/m0/s1. The monoisotopic (exact) mass is 258 g/mol. The molecule has 0 bridgehead atoms. The maximum Gasteiger partial charge on any atom is 0.411 e. The van der Waals surface area contributed by atoms with Gasteiger partial charge in [0.2, 0.25) is 0 Å². The van der Waals surface area contributed by atoms with Crippen molar-refractivity contribution >= 4 is 6.09 Å². The molecule has 2 heterocycles. The van der Waals surface area contributed by atoms with Crippen LogP contribution in [0.2, 0.25) is 0 Å². The molecule has 3 N–H and O–H groups in total. The summed E-state index contributed by atoms with van der Waals surface area (Å²) in [5.41, 5.74) is 5.52. The number of carbonyl (C=O) groups is 1. The number of nitrogens with two attached hydrogens (primary N) is 1. The molecule has 0 aliphatic carbocycles. The summed E-state index contributed by atoms with van der Waals surface area (Å²) in [6.45, 7) is 6.32. The summed E-state index contributed by atoms with van der Waals surface area (Å²) in [7, 11) is 0. The fraction of sp³-hybridized carbons (Fsp3) is 0.917. The van der Waals surface area contributed by atoms with Crippen LogP contribution in [-0.2, 0) is 9.47 Å². The molecule has 2 aliphatic heterocycles. The van der Waals surface area contributed by atoms with E-state index in [-0.39, 0.29) is 30.7 Å². The van der Waals surface area contributed by atoms with Gasteiger partial charge in [-0.2, -0.15) is 0 Å². The number of fused-ring (bicyclic) bond motifs is 1. The van der Waals surface area contributed by atoms with Crippen molar-refractivity contribution < 1.29 is 19.4 Å². The molecule has 18 heavy (non-hydrogen) atoms. The van der Waals surface area contributed by atoms with Crippen molar-refractivity contribution in [3.8, 4) is 0 Å². The smallest absolute Gasteiger partial charge is 0.411 e. The van der Waals surface area contributed by atoms with Crippen molar-refractivity contribution in [3.63, 3.8) is 0 Å². The molecule has 0 saturated carbocycles. The van der Waals surface area contributed by atoms with Gasteiger partial charge in [0.25, 0.3) is 0 Å². The second-order valence-corrected chi connectivity index (χ2v) is 5.98. The summed E-state index contributed by atoms with van der Waals surface area (Å²) < 4.78 is 10.7. The molecule has 2 rings (SSSR count). The molecule has 104 valence electrons. The lowest BCUT2D eigenvalue weighted by molar-refractivity contribution is 0.00348. The Hall–Kier alpha value is -0.850. The second kappa shape index (κ2) is 4.68. The number of hydrogen-bond acceptors (Lipinski definition) is 5. The predicted molar refractivity (Wildman–Crippen MR) is 65.0 cm³/mol. The molecule has 6 heteroatoms. The fourth-order valence-corrected chi connectivity index (χ4v) is 2.73. The third-order valence-corrected chi connectivity index (χ3v) is 3.54. The Morgan fingerprint density at radius 1 is 1.50 bits per heavy atom. The molecule has 2 fully saturated rings. The number of hydrogen-bond donors (Lipinski definition) is 2. The normalized spacial score (nSPS) is 35.7. The molecule has 1 amide bonds. The quantitative estimate of drug-likeness (QED) is 0.688. The zero-order chi connectivity index (χ0) is 13.5. The van der Waals surface area contributed by atoms with Gasteiger partial charge in [0, 0.05) is 12.0 Å². The van der Waals surface area contributed by atoms with Crippen molar-refractivity contribution in [3.05, 3.63) is 0 Å². The zero-order valence-electron chi connectivity index (χ0n) is 11.1. The Labute approximate surface area is 107 Å². The lowest BCUT2D eigenvalue weighted by atomic mass is 9.98. The van der Waals surface area contributed by atoms with E-state index in [9.17, 15) is 9.90 Å². The van der Waals surface area contributed by atoms with E-state index in [0.717, 1.165) is 0 Å². The van der Waals surface area contributed by atoms with Crippen LogP contribution in [0.25, 0.3) is 0 Å². The number of nitrogens with zero attached hydrogens (tertiary/aromatic N) is 1. The van der Waals surface area contributed by atoms with Gasteiger partial charge >= 0.3 is 6.09 Å². The summed E-state index contributed by atoms with van der Waals surface area (Å²) >= 11 is 0. The SMILES string of the molecule is CC(C)(C)OC(=O)N1[C@H](CO)[C@H](N)[C@H]2COC[C@H]21. The minimum Gasteiger partial charge on any atom is -0.444 e. The Bertz CT molecular complexity index is 327. The van der Waals surface area contributed by atoms with Gasteiger partial charge in [0.1, 0.15) is 5.60 Å². The third kappa shape index (κ3) is 2.32. The van der Waals surface area contributed by atoms with Crippen LogP contribution < -0.4 is 5.73 Å². The lowest BCUT2D eigenvalue weighted by Crippen LogP contribution is -2.49. The molecule has 0 aromatic carbocycles. The first-order chi connectivity index (χ1) is 8.35. The highest BCUT2D eigenvalue weighted by molar-refractivity contribution is 5.70. The van der Waals surface area contributed by atoms with Crippen molar-refractivity contribution in [2.45, 2.75) is 44.5 Å². The van der Waals surface area contributed by atoms with Gasteiger partial charge in [-0.25, -0.2) is 4.79 Å². The molecule has 0 unspecified atom stereocenters. The summed E-state index contributed by atoms with van der Waals surface area (Å²) in [6.07, 6.45) is -0.421. The average molecular weight is 258 g/mol.